The zero-order chi connectivity index (χ0) is 26.8. The first-order valence-corrected chi connectivity index (χ1v) is 12.5. The number of halogens is 1. The summed E-state index contributed by atoms with van der Waals surface area (Å²) in [4.78, 5) is 34.6. The normalized spacial score (nSPS) is 13.5. The molecule has 2 N–H and O–H groups in total. The van der Waals surface area contributed by atoms with Gasteiger partial charge < -0.3 is 15.4 Å². The van der Waals surface area contributed by atoms with Crippen LogP contribution in [0.1, 0.15) is 12.8 Å². The maximum Gasteiger partial charge on any atom is 0.240 e. The highest BCUT2D eigenvalue weighted by Gasteiger charge is 2.56. The molecule has 5 aromatic rings. The van der Waals surface area contributed by atoms with Gasteiger partial charge in [0.15, 0.2) is 0 Å². The lowest BCUT2D eigenvalue weighted by atomic mass is 10.0. The number of amides is 2. The molecule has 1 aliphatic rings. The highest BCUT2D eigenvalue weighted by molar-refractivity contribution is 6.16. The van der Waals surface area contributed by atoms with Gasteiger partial charge in [-0.1, -0.05) is 12.1 Å². The van der Waals surface area contributed by atoms with E-state index >= 15 is 0 Å². The molecule has 192 valence electrons. The van der Waals surface area contributed by atoms with E-state index in [2.05, 4.69) is 20.6 Å². The van der Waals surface area contributed by atoms with Crippen molar-refractivity contribution in [2.75, 3.05) is 10.6 Å². The van der Waals surface area contributed by atoms with Crippen LogP contribution in [-0.4, -0.2) is 21.8 Å². The summed E-state index contributed by atoms with van der Waals surface area (Å²) >= 11 is 0. The number of carbonyl (C=O) groups is 2. The van der Waals surface area contributed by atoms with Gasteiger partial charge in [0.1, 0.15) is 22.7 Å². The molecule has 2 heterocycles. The molecule has 0 spiro atoms. The Morgan fingerprint density at radius 3 is 2.10 bits per heavy atom. The minimum atomic E-state index is -1.13. The third-order valence-electron chi connectivity index (χ3n) is 6.72. The molecule has 0 unspecified atom stereocenters. The minimum Gasteiger partial charge on any atom is -0.457 e. The van der Waals surface area contributed by atoms with Crippen LogP contribution in [0, 0.1) is 11.2 Å². The summed E-state index contributed by atoms with van der Waals surface area (Å²) in [5, 5.41) is 6.40. The summed E-state index contributed by atoms with van der Waals surface area (Å²) in [5.74, 6) is 0.0661. The molecule has 0 atom stereocenters. The van der Waals surface area contributed by atoms with Gasteiger partial charge in [-0.25, -0.2) is 4.39 Å². The van der Waals surface area contributed by atoms with Gasteiger partial charge in [0, 0.05) is 34.7 Å². The minimum absolute atomic E-state index is 0.375. The second-order valence-corrected chi connectivity index (χ2v) is 9.38. The van der Waals surface area contributed by atoms with E-state index < -0.39 is 17.1 Å². The zero-order valence-electron chi connectivity index (χ0n) is 20.7. The molecule has 2 aromatic heterocycles. The van der Waals surface area contributed by atoms with E-state index in [1.54, 1.807) is 42.7 Å². The molecule has 6 rings (SSSR count). The molecular formula is C31H23FN4O3. The Morgan fingerprint density at radius 2 is 1.46 bits per heavy atom. The molecule has 0 saturated heterocycles. The molecule has 1 fully saturated rings. The van der Waals surface area contributed by atoms with E-state index in [1.165, 1.54) is 24.3 Å². The fraction of sp³-hybridized carbons (Fsp3) is 0.0968. The first kappa shape index (κ1) is 24.2. The lowest BCUT2D eigenvalue weighted by molar-refractivity contribution is -0.131. The third-order valence-corrected chi connectivity index (χ3v) is 6.72. The molecule has 0 radical (unpaired) electrons. The third kappa shape index (κ3) is 5.04. The van der Waals surface area contributed by atoms with Crippen LogP contribution in [0.3, 0.4) is 0 Å². The van der Waals surface area contributed by atoms with Gasteiger partial charge in [-0.2, -0.15) is 0 Å². The number of pyridine rings is 2. The van der Waals surface area contributed by atoms with E-state index in [4.69, 9.17) is 4.74 Å². The van der Waals surface area contributed by atoms with Crippen LogP contribution in [-0.2, 0) is 9.59 Å². The molecular weight excluding hydrogens is 495 g/mol. The van der Waals surface area contributed by atoms with Crippen molar-refractivity contribution < 1.29 is 18.7 Å². The molecule has 8 heteroatoms. The number of benzene rings is 3. The van der Waals surface area contributed by atoms with Gasteiger partial charge >= 0.3 is 0 Å². The number of fused-ring (bicyclic) bond motifs is 1. The van der Waals surface area contributed by atoms with Crippen molar-refractivity contribution in [1.82, 2.24) is 9.97 Å². The van der Waals surface area contributed by atoms with E-state index in [0.29, 0.717) is 35.7 Å². The molecule has 1 aliphatic carbocycles. The molecule has 2 amide bonds. The largest absolute Gasteiger partial charge is 0.457 e. The topological polar surface area (TPSA) is 93.2 Å². The zero-order valence-corrected chi connectivity index (χ0v) is 20.7. The van der Waals surface area contributed by atoms with Crippen molar-refractivity contribution in [3.8, 4) is 22.8 Å². The number of aromatic nitrogens is 2. The van der Waals surface area contributed by atoms with Crippen LogP contribution >= 0.6 is 0 Å². The van der Waals surface area contributed by atoms with Gasteiger partial charge in [0.05, 0.1) is 11.2 Å². The van der Waals surface area contributed by atoms with Gasteiger partial charge in [-0.3, -0.25) is 19.6 Å². The van der Waals surface area contributed by atoms with Crippen molar-refractivity contribution in [3.05, 3.63) is 109 Å². The average Bonchev–Trinajstić information content (AvgIpc) is 3.78. The van der Waals surface area contributed by atoms with E-state index in [1.807, 2.05) is 36.4 Å². The highest BCUT2D eigenvalue weighted by Crippen LogP contribution is 2.47. The van der Waals surface area contributed by atoms with Crippen molar-refractivity contribution in [2.45, 2.75) is 12.8 Å². The summed E-state index contributed by atoms with van der Waals surface area (Å²) < 4.78 is 19.3. The summed E-state index contributed by atoms with van der Waals surface area (Å²) in [6.07, 6.45) is 4.35. The first-order chi connectivity index (χ1) is 19.0. The van der Waals surface area contributed by atoms with Crippen LogP contribution in [0.2, 0.25) is 0 Å². The number of nitrogens with one attached hydrogen (secondary N) is 2. The number of rotatable bonds is 7. The maximum absolute atomic E-state index is 13.1. The lowest BCUT2D eigenvalue weighted by Crippen LogP contribution is -2.35. The second-order valence-electron chi connectivity index (χ2n) is 9.38. The first-order valence-electron chi connectivity index (χ1n) is 12.5. The predicted octanol–water partition coefficient (Wildman–Crippen LogP) is 6.59. The number of anilines is 2. The summed E-state index contributed by atoms with van der Waals surface area (Å²) in [5.41, 5.74) is 2.48. The summed E-state index contributed by atoms with van der Waals surface area (Å²) in [7, 11) is 0. The Labute approximate surface area is 223 Å². The Kier molecular flexibility index (Phi) is 6.20. The Balaban J connectivity index is 1.13. The van der Waals surface area contributed by atoms with E-state index in [0.717, 1.165) is 22.2 Å². The van der Waals surface area contributed by atoms with Crippen molar-refractivity contribution in [1.29, 1.82) is 0 Å². The predicted molar refractivity (Wildman–Crippen MR) is 147 cm³/mol. The fourth-order valence-electron chi connectivity index (χ4n) is 4.35. The van der Waals surface area contributed by atoms with Gasteiger partial charge in [0.2, 0.25) is 11.8 Å². The SMILES string of the molecule is O=C(Nc1ccc(F)cc1)C1(C(=O)Nc2ccc(Oc3ccnc4cc(-c5ccccn5)ccc34)cc2)CC1. The maximum atomic E-state index is 13.1. The number of nitrogens with zero attached hydrogens (tertiary/aromatic N) is 2. The smallest absolute Gasteiger partial charge is 0.240 e. The van der Waals surface area contributed by atoms with Crippen molar-refractivity contribution >= 4 is 34.1 Å². The van der Waals surface area contributed by atoms with Gasteiger partial charge in [-0.05, 0) is 91.7 Å². The number of ether oxygens (including phenoxy) is 1. The summed E-state index contributed by atoms with van der Waals surface area (Å²) in [6, 6.07) is 25.9. The molecule has 39 heavy (non-hydrogen) atoms. The van der Waals surface area contributed by atoms with Crippen molar-refractivity contribution in [2.24, 2.45) is 5.41 Å². The van der Waals surface area contributed by atoms with Gasteiger partial charge in [-0.15, -0.1) is 0 Å². The van der Waals surface area contributed by atoms with Crippen LogP contribution in [0.15, 0.2) is 103 Å². The lowest BCUT2D eigenvalue weighted by Gasteiger charge is -2.16. The molecule has 0 aliphatic heterocycles. The summed E-state index contributed by atoms with van der Waals surface area (Å²) in [6.45, 7) is 0. The average molecular weight is 519 g/mol. The van der Waals surface area contributed by atoms with Crippen molar-refractivity contribution in [3.63, 3.8) is 0 Å². The number of carbonyl (C=O) groups excluding carboxylic acids is 2. The molecule has 3 aromatic carbocycles. The molecule has 1 saturated carbocycles. The van der Waals surface area contributed by atoms with Crippen LogP contribution in [0.5, 0.6) is 11.5 Å². The Hall–Kier alpha value is -5.11. The molecule has 0 bridgehead atoms. The van der Waals surface area contributed by atoms with Crippen LogP contribution in [0.25, 0.3) is 22.2 Å². The number of hydrogen-bond acceptors (Lipinski definition) is 5. The standard InChI is InChI=1S/C31H23FN4O3/c32-21-5-7-22(8-6-21)35-29(37)31(15-16-31)30(38)36-23-9-11-24(12-10-23)39-28-14-18-34-27-19-20(4-13-25(27)28)26-3-1-2-17-33-26/h1-14,17-19H,15-16H2,(H,35,37)(H,36,38). The highest BCUT2D eigenvalue weighted by atomic mass is 19.1. The Morgan fingerprint density at radius 1 is 0.769 bits per heavy atom. The second kappa shape index (κ2) is 9.98. The number of hydrogen-bond donors (Lipinski definition) is 2. The molecule has 7 nitrogen and oxygen atoms in total. The van der Waals surface area contributed by atoms with Gasteiger partial charge in [0.25, 0.3) is 0 Å². The Bertz CT molecular complexity index is 1670. The van der Waals surface area contributed by atoms with E-state index in [-0.39, 0.29) is 5.91 Å². The monoisotopic (exact) mass is 518 g/mol. The quantitative estimate of drug-likeness (QED) is 0.237. The fourth-order valence-corrected chi connectivity index (χ4v) is 4.35. The van der Waals surface area contributed by atoms with Crippen LogP contribution < -0.4 is 15.4 Å². The van der Waals surface area contributed by atoms with E-state index in [9.17, 15) is 14.0 Å². The van der Waals surface area contributed by atoms with Crippen LogP contribution in [0.4, 0.5) is 15.8 Å².